The van der Waals surface area contributed by atoms with E-state index in [2.05, 4.69) is 9.61 Å². The second kappa shape index (κ2) is 14.0. The Balaban J connectivity index is 1.84. The van der Waals surface area contributed by atoms with E-state index in [9.17, 15) is 14.7 Å². The highest BCUT2D eigenvalue weighted by atomic mass is 35.5. The maximum absolute atomic E-state index is 13.3. The first-order chi connectivity index (χ1) is 17.5. The molecule has 3 rings (SSSR count). The Morgan fingerprint density at radius 3 is 2.39 bits per heavy atom. The maximum Gasteiger partial charge on any atom is 0.346 e. The predicted octanol–water partition coefficient (Wildman–Crippen LogP) is 5.42. The summed E-state index contributed by atoms with van der Waals surface area (Å²) in [6.45, 7) is 2.71. The second-order valence-corrected chi connectivity index (χ2v) is 9.51. The summed E-state index contributed by atoms with van der Waals surface area (Å²) in [4.78, 5) is 25.4. The van der Waals surface area contributed by atoms with Gasteiger partial charge in [-0.1, -0.05) is 54.6 Å². The number of benzene rings is 3. The molecule has 0 fully saturated rings. The van der Waals surface area contributed by atoms with Crippen molar-refractivity contribution in [2.24, 2.45) is 0 Å². The van der Waals surface area contributed by atoms with E-state index in [1.807, 2.05) is 73.8 Å². The molecule has 1 amide bonds. The number of thioether (sulfide) groups is 1. The minimum Gasteiger partial charge on any atom is -0.392 e. The topological polar surface area (TPSA) is 84.9 Å². The Morgan fingerprint density at radius 1 is 0.972 bits per heavy atom. The molecule has 0 heterocycles. The van der Waals surface area contributed by atoms with Crippen LogP contribution in [0.2, 0.25) is 0 Å². The molecular weight excluding hydrogens is 498 g/mol. The summed E-state index contributed by atoms with van der Waals surface area (Å²) >= 11 is 6.86. The number of halogens is 1. The lowest BCUT2D eigenvalue weighted by molar-refractivity contribution is -0.136. The number of hydrogen-bond acceptors (Lipinski definition) is 6. The Hall–Kier alpha value is -2.84. The van der Waals surface area contributed by atoms with Gasteiger partial charge < -0.3 is 19.4 Å². The van der Waals surface area contributed by atoms with Crippen molar-refractivity contribution in [2.75, 3.05) is 12.0 Å². The van der Waals surface area contributed by atoms with Crippen LogP contribution in [0.5, 0.6) is 0 Å². The van der Waals surface area contributed by atoms with E-state index in [1.165, 1.54) is 0 Å². The van der Waals surface area contributed by atoms with E-state index in [4.69, 9.17) is 16.6 Å². The molecule has 3 aromatic rings. The Labute approximate surface area is 221 Å². The average Bonchev–Trinajstić information content (AvgIpc) is 2.90. The molecule has 0 spiro atoms. The van der Waals surface area contributed by atoms with Crippen LogP contribution in [-0.2, 0) is 33.6 Å². The van der Waals surface area contributed by atoms with Gasteiger partial charge >= 0.3 is 5.97 Å². The van der Waals surface area contributed by atoms with Crippen LogP contribution < -0.4 is 5.32 Å². The van der Waals surface area contributed by atoms with Gasteiger partial charge in [0.25, 0.3) is 5.91 Å². The van der Waals surface area contributed by atoms with Gasteiger partial charge in [0.2, 0.25) is 0 Å². The van der Waals surface area contributed by atoms with E-state index >= 15 is 0 Å². The van der Waals surface area contributed by atoms with Crippen molar-refractivity contribution in [1.82, 2.24) is 5.32 Å². The quantitative estimate of drug-likeness (QED) is 0.327. The number of rotatable bonds is 12. The van der Waals surface area contributed by atoms with Crippen molar-refractivity contribution >= 4 is 35.5 Å². The van der Waals surface area contributed by atoms with Crippen LogP contribution in [-0.4, -0.2) is 35.0 Å². The summed E-state index contributed by atoms with van der Waals surface area (Å²) in [7, 11) is 0. The molecule has 0 aromatic heterocycles. The molecule has 1 unspecified atom stereocenters. The largest absolute Gasteiger partial charge is 0.392 e. The zero-order valence-corrected chi connectivity index (χ0v) is 21.9. The number of ether oxygens (including phenoxy) is 1. The van der Waals surface area contributed by atoms with Crippen molar-refractivity contribution in [3.8, 4) is 11.1 Å². The third kappa shape index (κ3) is 7.58. The molecule has 190 valence electrons. The second-order valence-electron chi connectivity index (χ2n) is 8.37. The molecular formula is C28H30ClNO5S. The van der Waals surface area contributed by atoms with Crippen molar-refractivity contribution in [1.29, 1.82) is 0 Å². The summed E-state index contributed by atoms with van der Waals surface area (Å²) in [6, 6.07) is 20.1. The molecule has 0 bridgehead atoms. The van der Waals surface area contributed by atoms with Gasteiger partial charge in [-0.2, -0.15) is 11.8 Å². The Bertz CT molecular complexity index is 1190. The molecule has 0 saturated heterocycles. The summed E-state index contributed by atoms with van der Waals surface area (Å²) in [5.41, 5.74) is 5.84. The standard InChI is InChI=1S/C28H30ClNO5S/c1-19-6-3-4-9-23(19)25-15-22(18-34-17-21-8-5-7-20(14-21)16-31)10-11-24(25)27(32)30-26(12-13-36-2)28(33)35-29/h3-11,14-15,26,31H,12-13,16-18H2,1-2H3,(H,30,32). The smallest absolute Gasteiger partial charge is 0.346 e. The molecule has 1 atom stereocenters. The van der Waals surface area contributed by atoms with Gasteiger partial charge in [0.1, 0.15) is 17.9 Å². The molecule has 0 radical (unpaired) electrons. The third-order valence-corrected chi connectivity index (χ3v) is 6.55. The number of nitrogens with one attached hydrogen (secondary N) is 1. The van der Waals surface area contributed by atoms with Crippen LogP contribution >= 0.6 is 23.6 Å². The van der Waals surface area contributed by atoms with Gasteiger partial charge in [-0.15, -0.1) is 0 Å². The fraction of sp³-hybridized carbons (Fsp3) is 0.286. The highest BCUT2D eigenvalue weighted by Crippen LogP contribution is 2.29. The number of aliphatic hydroxyl groups is 1. The Kier molecular flexibility index (Phi) is 10.8. The molecule has 6 nitrogen and oxygen atoms in total. The van der Waals surface area contributed by atoms with E-state index < -0.39 is 12.0 Å². The van der Waals surface area contributed by atoms with Gasteiger partial charge in [0.15, 0.2) is 0 Å². The lowest BCUT2D eigenvalue weighted by Crippen LogP contribution is -2.41. The first-order valence-electron chi connectivity index (χ1n) is 11.5. The van der Waals surface area contributed by atoms with Gasteiger partial charge in [0.05, 0.1) is 19.8 Å². The molecule has 36 heavy (non-hydrogen) atoms. The van der Waals surface area contributed by atoms with E-state index in [0.29, 0.717) is 31.0 Å². The van der Waals surface area contributed by atoms with Crippen LogP contribution in [0.15, 0.2) is 66.7 Å². The third-order valence-electron chi connectivity index (χ3n) is 5.75. The van der Waals surface area contributed by atoms with Crippen molar-refractivity contribution in [3.05, 3.63) is 94.5 Å². The fourth-order valence-electron chi connectivity index (χ4n) is 3.86. The summed E-state index contributed by atoms with van der Waals surface area (Å²) in [5, 5.41) is 12.1. The molecule has 0 aliphatic heterocycles. The molecule has 3 aromatic carbocycles. The van der Waals surface area contributed by atoms with Crippen molar-refractivity contribution in [2.45, 2.75) is 39.2 Å². The Morgan fingerprint density at radius 2 is 1.69 bits per heavy atom. The van der Waals surface area contributed by atoms with Gasteiger partial charge in [-0.25, -0.2) is 4.79 Å². The highest BCUT2D eigenvalue weighted by Gasteiger charge is 2.24. The lowest BCUT2D eigenvalue weighted by Gasteiger charge is -2.18. The molecule has 0 aliphatic rings. The van der Waals surface area contributed by atoms with Crippen LogP contribution in [0.1, 0.15) is 39.0 Å². The van der Waals surface area contributed by atoms with E-state index in [0.717, 1.165) is 33.4 Å². The van der Waals surface area contributed by atoms with Gasteiger partial charge in [-0.05, 0) is 70.9 Å². The SMILES string of the molecule is CSCCC(NC(=O)c1ccc(COCc2cccc(CO)c2)cc1-c1ccccc1C)C(=O)OCl. The average molecular weight is 528 g/mol. The normalized spacial score (nSPS) is 11.7. The summed E-state index contributed by atoms with van der Waals surface area (Å²) < 4.78 is 10.3. The first-order valence-corrected chi connectivity index (χ1v) is 13.2. The van der Waals surface area contributed by atoms with Crippen LogP contribution in [0, 0.1) is 6.92 Å². The van der Waals surface area contributed by atoms with Gasteiger partial charge in [0, 0.05) is 5.56 Å². The number of amides is 1. The van der Waals surface area contributed by atoms with Crippen LogP contribution in [0.3, 0.4) is 0 Å². The predicted molar refractivity (Wildman–Crippen MR) is 144 cm³/mol. The minimum atomic E-state index is -0.843. The molecule has 0 aliphatic carbocycles. The number of carbonyl (C=O) groups is 2. The van der Waals surface area contributed by atoms with Crippen LogP contribution in [0.25, 0.3) is 11.1 Å². The maximum atomic E-state index is 13.3. The van der Waals surface area contributed by atoms with Gasteiger partial charge in [-0.3, -0.25) is 4.79 Å². The van der Waals surface area contributed by atoms with Crippen LogP contribution in [0.4, 0.5) is 0 Å². The highest BCUT2D eigenvalue weighted by molar-refractivity contribution is 7.98. The van der Waals surface area contributed by atoms with Crippen molar-refractivity contribution < 1.29 is 23.7 Å². The zero-order chi connectivity index (χ0) is 25.9. The number of carbonyl (C=O) groups excluding carboxylic acids is 2. The number of hydrogen-bond donors (Lipinski definition) is 2. The lowest BCUT2D eigenvalue weighted by atomic mass is 9.93. The van der Waals surface area contributed by atoms with Crippen molar-refractivity contribution in [3.63, 3.8) is 0 Å². The monoisotopic (exact) mass is 527 g/mol. The van der Waals surface area contributed by atoms with E-state index in [-0.39, 0.29) is 12.5 Å². The minimum absolute atomic E-state index is 0.0160. The van der Waals surface area contributed by atoms with E-state index in [1.54, 1.807) is 17.8 Å². The fourth-order valence-corrected chi connectivity index (χ4v) is 4.44. The number of aryl methyl sites for hydroxylation is 1. The molecule has 8 heteroatoms. The summed E-state index contributed by atoms with van der Waals surface area (Å²) in [5.74, 6) is -0.402. The molecule has 2 N–H and O–H groups in total. The first kappa shape index (κ1) is 27.7. The molecule has 0 saturated carbocycles. The number of aliphatic hydroxyl groups excluding tert-OH is 1. The zero-order valence-electron chi connectivity index (χ0n) is 20.3. The summed E-state index contributed by atoms with van der Waals surface area (Å²) in [6.07, 6.45) is 2.33.